The molecule has 2 heterocycles. The Hall–Kier alpha value is -2.23. The first-order chi connectivity index (χ1) is 13.2. The van der Waals surface area contributed by atoms with Crippen LogP contribution in [-0.4, -0.2) is 61.1 Å². The van der Waals surface area contributed by atoms with E-state index in [0.717, 1.165) is 12.5 Å². The molecule has 1 amide bonds. The summed E-state index contributed by atoms with van der Waals surface area (Å²) in [5.41, 5.74) is -0.933. The van der Waals surface area contributed by atoms with E-state index in [2.05, 4.69) is 20.6 Å². The van der Waals surface area contributed by atoms with E-state index in [1.54, 1.807) is 11.9 Å². The topological polar surface area (TPSA) is 78.9 Å². The van der Waals surface area contributed by atoms with Crippen LogP contribution < -0.4 is 15.4 Å². The minimum absolute atomic E-state index is 0.0738. The van der Waals surface area contributed by atoms with Gasteiger partial charge in [0.1, 0.15) is 11.6 Å². The van der Waals surface area contributed by atoms with Crippen molar-refractivity contribution in [1.29, 1.82) is 0 Å². The summed E-state index contributed by atoms with van der Waals surface area (Å²) in [5, 5.41) is 6.16. The Morgan fingerprint density at radius 1 is 1.50 bits per heavy atom. The molecule has 7 nitrogen and oxygen atoms in total. The highest BCUT2D eigenvalue weighted by Gasteiger charge is 2.31. The number of halogens is 4. The average Bonchev–Trinajstić information content (AvgIpc) is 2.62. The molecule has 0 radical (unpaired) electrons. The van der Waals surface area contributed by atoms with Crippen LogP contribution in [0.1, 0.15) is 25.3 Å². The van der Waals surface area contributed by atoms with Crippen molar-refractivity contribution >= 4 is 23.5 Å². The number of aromatic nitrogens is 1. The van der Waals surface area contributed by atoms with E-state index in [0.29, 0.717) is 31.7 Å². The van der Waals surface area contributed by atoms with Crippen molar-refractivity contribution in [3.8, 4) is 5.88 Å². The summed E-state index contributed by atoms with van der Waals surface area (Å²) in [5.74, 6) is 0.620. The molecule has 0 aliphatic carbocycles. The summed E-state index contributed by atoms with van der Waals surface area (Å²) in [6.45, 7) is 3.51. The lowest BCUT2D eigenvalue weighted by Crippen LogP contribution is -2.51. The fourth-order valence-electron chi connectivity index (χ4n) is 2.63. The average molecular weight is 422 g/mol. The van der Waals surface area contributed by atoms with E-state index in [-0.39, 0.29) is 36.0 Å². The predicted molar refractivity (Wildman–Crippen MR) is 99.5 cm³/mol. The number of carbonyl (C=O) groups is 1. The van der Waals surface area contributed by atoms with E-state index >= 15 is 0 Å². The Kier molecular flexibility index (Phi) is 7.73. The highest BCUT2D eigenvalue weighted by atomic mass is 35.5. The second-order valence-corrected chi connectivity index (χ2v) is 6.68. The molecule has 1 saturated heterocycles. The van der Waals surface area contributed by atoms with Gasteiger partial charge in [0, 0.05) is 38.8 Å². The van der Waals surface area contributed by atoms with Crippen molar-refractivity contribution in [1.82, 2.24) is 20.5 Å². The number of aliphatic imine (C=N–C) groups is 1. The van der Waals surface area contributed by atoms with Crippen LogP contribution in [0.15, 0.2) is 17.3 Å². The molecule has 2 N–H and O–H groups in total. The second-order valence-electron chi connectivity index (χ2n) is 6.27. The number of rotatable bonds is 6. The molecule has 0 aromatic carbocycles. The molecule has 28 heavy (non-hydrogen) atoms. The SMILES string of the molecule is CCNC(=NCCOc1ncc(C(F)(F)F)cc1Cl)NC1CCC(=O)N(C)C1. The van der Waals surface area contributed by atoms with Gasteiger partial charge in [-0.15, -0.1) is 0 Å². The zero-order chi connectivity index (χ0) is 20.7. The van der Waals surface area contributed by atoms with Crippen molar-refractivity contribution in [3.05, 3.63) is 22.8 Å². The van der Waals surface area contributed by atoms with Crippen LogP contribution in [0.4, 0.5) is 13.2 Å². The Labute approximate surface area is 166 Å². The number of hydrogen-bond donors (Lipinski definition) is 2. The number of hydrogen-bond acceptors (Lipinski definition) is 4. The lowest BCUT2D eigenvalue weighted by atomic mass is 10.1. The van der Waals surface area contributed by atoms with Gasteiger partial charge in [-0.1, -0.05) is 11.6 Å². The molecule has 0 spiro atoms. The molecule has 1 atom stereocenters. The van der Waals surface area contributed by atoms with Gasteiger partial charge in [0.25, 0.3) is 0 Å². The molecular weight excluding hydrogens is 399 g/mol. The van der Waals surface area contributed by atoms with Crippen molar-refractivity contribution in [2.45, 2.75) is 32.0 Å². The van der Waals surface area contributed by atoms with Crippen LogP contribution in [-0.2, 0) is 11.0 Å². The zero-order valence-corrected chi connectivity index (χ0v) is 16.4. The zero-order valence-electron chi connectivity index (χ0n) is 15.6. The number of likely N-dealkylation sites (tertiary alicyclic amines) is 1. The molecule has 1 fully saturated rings. The predicted octanol–water partition coefficient (Wildman–Crippen LogP) is 2.31. The quantitative estimate of drug-likeness (QED) is 0.418. The molecule has 0 saturated carbocycles. The number of nitrogens with one attached hydrogen (secondary N) is 2. The molecule has 0 bridgehead atoms. The molecule has 11 heteroatoms. The third-order valence-electron chi connectivity index (χ3n) is 4.05. The number of likely N-dealkylation sites (N-methyl/N-ethyl adjacent to an activating group) is 1. The molecule has 1 aromatic heterocycles. The van der Waals surface area contributed by atoms with E-state index < -0.39 is 11.7 Å². The first-order valence-electron chi connectivity index (χ1n) is 8.85. The van der Waals surface area contributed by atoms with Crippen molar-refractivity contribution in [3.63, 3.8) is 0 Å². The maximum absolute atomic E-state index is 12.6. The molecular formula is C17H23ClF3N5O2. The summed E-state index contributed by atoms with van der Waals surface area (Å²) in [4.78, 5) is 21.2. The van der Waals surface area contributed by atoms with Gasteiger partial charge in [0.05, 0.1) is 12.1 Å². The number of amides is 1. The van der Waals surface area contributed by atoms with Crippen LogP contribution in [0, 0.1) is 0 Å². The highest BCUT2D eigenvalue weighted by Crippen LogP contribution is 2.33. The summed E-state index contributed by atoms with van der Waals surface area (Å²) in [7, 11) is 1.76. The summed E-state index contributed by atoms with van der Waals surface area (Å²) < 4.78 is 43.2. The first-order valence-corrected chi connectivity index (χ1v) is 9.22. The summed E-state index contributed by atoms with van der Waals surface area (Å²) in [6.07, 6.45) is -2.63. The Morgan fingerprint density at radius 2 is 2.25 bits per heavy atom. The number of pyridine rings is 1. The number of nitrogens with zero attached hydrogens (tertiary/aromatic N) is 3. The first kappa shape index (κ1) is 22.1. The van der Waals surface area contributed by atoms with Crippen molar-refractivity contribution < 1.29 is 22.7 Å². The van der Waals surface area contributed by atoms with Crippen LogP contribution in [0.5, 0.6) is 5.88 Å². The van der Waals surface area contributed by atoms with Crippen molar-refractivity contribution in [2.75, 3.05) is 33.3 Å². The lowest BCUT2D eigenvalue weighted by molar-refractivity contribution is -0.138. The Balaban J connectivity index is 1.87. The Morgan fingerprint density at radius 3 is 2.86 bits per heavy atom. The number of carbonyl (C=O) groups excluding carboxylic acids is 1. The largest absolute Gasteiger partial charge is 0.475 e. The lowest BCUT2D eigenvalue weighted by Gasteiger charge is -2.31. The molecule has 1 aromatic rings. The van der Waals surface area contributed by atoms with Gasteiger partial charge in [0.15, 0.2) is 5.96 Å². The normalized spacial score (nSPS) is 18.2. The third-order valence-corrected chi connectivity index (χ3v) is 4.32. The highest BCUT2D eigenvalue weighted by molar-refractivity contribution is 6.31. The fraction of sp³-hybridized carbons (Fsp3) is 0.588. The monoisotopic (exact) mass is 421 g/mol. The van der Waals surface area contributed by atoms with E-state index in [1.807, 2.05) is 6.92 Å². The summed E-state index contributed by atoms with van der Waals surface area (Å²) >= 11 is 5.80. The minimum Gasteiger partial charge on any atom is -0.475 e. The van der Waals surface area contributed by atoms with Gasteiger partial charge in [-0.05, 0) is 19.4 Å². The van der Waals surface area contributed by atoms with Gasteiger partial charge in [-0.25, -0.2) is 9.98 Å². The van der Waals surface area contributed by atoms with Crippen LogP contribution in [0.3, 0.4) is 0 Å². The van der Waals surface area contributed by atoms with Gasteiger partial charge < -0.3 is 20.3 Å². The van der Waals surface area contributed by atoms with E-state index in [1.165, 1.54) is 0 Å². The minimum atomic E-state index is -4.51. The second kappa shape index (κ2) is 9.81. The maximum atomic E-state index is 12.6. The molecule has 2 rings (SSSR count). The number of alkyl halides is 3. The van der Waals surface area contributed by atoms with Gasteiger partial charge in [0.2, 0.25) is 11.8 Å². The van der Waals surface area contributed by atoms with Crippen LogP contribution in [0.25, 0.3) is 0 Å². The molecule has 1 aliphatic rings. The van der Waals surface area contributed by atoms with Gasteiger partial charge in [-0.3, -0.25) is 4.79 Å². The van der Waals surface area contributed by atoms with Crippen LogP contribution >= 0.6 is 11.6 Å². The standard InChI is InChI=1S/C17H23ClF3N5O2/c1-3-22-16(25-12-4-5-14(27)26(2)10-12)23-6-7-28-15-13(18)8-11(9-24-15)17(19,20)21/h8-9,12H,3-7,10H2,1-2H3,(H2,22,23,25). The molecule has 1 aliphatic heterocycles. The smallest absolute Gasteiger partial charge is 0.417 e. The Bertz CT molecular complexity index is 715. The van der Waals surface area contributed by atoms with Gasteiger partial charge in [-0.2, -0.15) is 13.2 Å². The number of ether oxygens (including phenoxy) is 1. The fourth-order valence-corrected chi connectivity index (χ4v) is 2.85. The maximum Gasteiger partial charge on any atom is 0.417 e. The molecule has 1 unspecified atom stereocenters. The number of guanidine groups is 1. The third kappa shape index (κ3) is 6.43. The van der Waals surface area contributed by atoms with E-state index in [4.69, 9.17) is 16.3 Å². The number of piperidine rings is 1. The van der Waals surface area contributed by atoms with E-state index in [9.17, 15) is 18.0 Å². The molecule has 156 valence electrons. The van der Waals surface area contributed by atoms with Gasteiger partial charge >= 0.3 is 6.18 Å². The van der Waals surface area contributed by atoms with Crippen molar-refractivity contribution in [2.24, 2.45) is 4.99 Å². The summed E-state index contributed by atoms with van der Waals surface area (Å²) in [6, 6.07) is 0.868. The van der Waals surface area contributed by atoms with Crippen LogP contribution in [0.2, 0.25) is 5.02 Å².